The van der Waals surface area contributed by atoms with Crippen LogP contribution in [0.2, 0.25) is 0 Å². The Balaban J connectivity index is 2.25. The second-order valence-electron chi connectivity index (χ2n) is 4.93. The zero-order valence-corrected chi connectivity index (χ0v) is 13.0. The van der Waals surface area contributed by atoms with Crippen LogP contribution in [0.25, 0.3) is 0 Å². The number of carboxylic acid groups (broad SMARTS) is 1. The van der Waals surface area contributed by atoms with E-state index in [0.29, 0.717) is 24.5 Å². The lowest BCUT2D eigenvalue weighted by Gasteiger charge is -2.15. The Morgan fingerprint density at radius 3 is 2.64 bits per heavy atom. The molecule has 2 N–H and O–H groups in total. The molecular formula is C16H23NO5. The first-order chi connectivity index (χ1) is 10.5. The number of hydrogen-bond acceptors (Lipinski definition) is 4. The fourth-order valence-corrected chi connectivity index (χ4v) is 1.87. The van der Waals surface area contributed by atoms with Gasteiger partial charge in [0.1, 0.15) is 11.5 Å². The number of aliphatic carboxylic acids is 1. The first-order valence-corrected chi connectivity index (χ1v) is 7.33. The fraction of sp³-hybridized carbons (Fsp3) is 0.500. The van der Waals surface area contributed by atoms with Crippen LogP contribution in [0.15, 0.2) is 24.3 Å². The van der Waals surface area contributed by atoms with Crippen molar-refractivity contribution >= 4 is 11.9 Å². The summed E-state index contributed by atoms with van der Waals surface area (Å²) in [6, 6.07) is 7.07. The Morgan fingerprint density at radius 1 is 1.23 bits per heavy atom. The van der Waals surface area contributed by atoms with Crippen molar-refractivity contribution in [2.75, 3.05) is 13.7 Å². The summed E-state index contributed by atoms with van der Waals surface area (Å²) in [6.45, 7) is 2.20. The maximum atomic E-state index is 11.9. The summed E-state index contributed by atoms with van der Waals surface area (Å²) in [7, 11) is 1.57. The van der Waals surface area contributed by atoms with Crippen molar-refractivity contribution in [2.24, 2.45) is 0 Å². The second-order valence-corrected chi connectivity index (χ2v) is 4.93. The lowest BCUT2D eigenvalue weighted by molar-refractivity contribution is -0.137. The molecular weight excluding hydrogens is 286 g/mol. The Hall–Kier alpha value is -2.24. The van der Waals surface area contributed by atoms with E-state index in [0.717, 1.165) is 12.8 Å². The van der Waals surface area contributed by atoms with Crippen LogP contribution in [0.3, 0.4) is 0 Å². The van der Waals surface area contributed by atoms with Gasteiger partial charge < -0.3 is 19.9 Å². The quantitative estimate of drug-likeness (QED) is 0.647. The number of carbonyl (C=O) groups is 2. The minimum absolute atomic E-state index is 0.170. The number of carboxylic acids is 1. The maximum Gasteiger partial charge on any atom is 0.303 e. The monoisotopic (exact) mass is 309 g/mol. The van der Waals surface area contributed by atoms with Crippen molar-refractivity contribution in [3.63, 3.8) is 0 Å². The van der Waals surface area contributed by atoms with E-state index >= 15 is 0 Å². The first kappa shape index (κ1) is 17.8. The van der Waals surface area contributed by atoms with E-state index in [1.165, 1.54) is 0 Å². The average molecular weight is 309 g/mol. The molecule has 0 radical (unpaired) electrons. The highest BCUT2D eigenvalue weighted by atomic mass is 16.5. The molecule has 0 spiro atoms. The van der Waals surface area contributed by atoms with Gasteiger partial charge in [0.2, 0.25) is 0 Å². The number of rotatable bonds is 10. The third-order valence-electron chi connectivity index (χ3n) is 3.09. The zero-order chi connectivity index (χ0) is 16.4. The summed E-state index contributed by atoms with van der Waals surface area (Å²) in [5.41, 5.74) is 0. The van der Waals surface area contributed by atoms with E-state index in [2.05, 4.69) is 5.32 Å². The summed E-state index contributed by atoms with van der Waals surface area (Å²) in [5.74, 6) is 0.261. The molecule has 1 atom stereocenters. The molecule has 6 heteroatoms. The van der Waals surface area contributed by atoms with Gasteiger partial charge in [0, 0.05) is 19.0 Å². The van der Waals surface area contributed by atoms with Crippen LogP contribution in [-0.2, 0) is 9.59 Å². The molecule has 0 aliphatic heterocycles. The molecule has 0 aliphatic rings. The van der Waals surface area contributed by atoms with Crippen LogP contribution in [-0.4, -0.2) is 36.7 Å². The van der Waals surface area contributed by atoms with E-state index in [-0.39, 0.29) is 12.3 Å². The summed E-state index contributed by atoms with van der Waals surface area (Å²) in [5, 5.41) is 11.3. The SMILES string of the molecule is COc1cccc(OC(C)C(=O)NCCCCCC(=O)O)c1. The van der Waals surface area contributed by atoms with Crippen molar-refractivity contribution in [2.45, 2.75) is 38.7 Å². The number of amides is 1. The molecule has 1 unspecified atom stereocenters. The van der Waals surface area contributed by atoms with Crippen LogP contribution >= 0.6 is 0 Å². The van der Waals surface area contributed by atoms with Gasteiger partial charge in [-0.2, -0.15) is 0 Å². The van der Waals surface area contributed by atoms with Crippen molar-refractivity contribution in [1.82, 2.24) is 5.32 Å². The van der Waals surface area contributed by atoms with Gasteiger partial charge >= 0.3 is 5.97 Å². The lowest BCUT2D eigenvalue weighted by Crippen LogP contribution is -2.36. The van der Waals surface area contributed by atoms with Gasteiger partial charge in [-0.3, -0.25) is 9.59 Å². The van der Waals surface area contributed by atoms with Crippen LogP contribution < -0.4 is 14.8 Å². The molecule has 0 aliphatic carbocycles. The molecule has 0 saturated carbocycles. The number of carbonyl (C=O) groups excluding carboxylic acids is 1. The van der Waals surface area contributed by atoms with Crippen LogP contribution in [0.1, 0.15) is 32.6 Å². The molecule has 1 aromatic carbocycles. The van der Waals surface area contributed by atoms with E-state index in [9.17, 15) is 9.59 Å². The van der Waals surface area contributed by atoms with E-state index in [1.54, 1.807) is 38.3 Å². The number of nitrogens with one attached hydrogen (secondary N) is 1. The Bertz CT molecular complexity index is 489. The van der Waals surface area contributed by atoms with E-state index in [1.807, 2.05) is 0 Å². The molecule has 0 fully saturated rings. The fourth-order valence-electron chi connectivity index (χ4n) is 1.87. The highest BCUT2D eigenvalue weighted by Crippen LogP contribution is 2.19. The molecule has 0 saturated heterocycles. The minimum Gasteiger partial charge on any atom is -0.497 e. The largest absolute Gasteiger partial charge is 0.497 e. The predicted octanol–water partition coefficient (Wildman–Crippen LogP) is 2.22. The highest BCUT2D eigenvalue weighted by Gasteiger charge is 2.14. The Morgan fingerprint density at radius 2 is 1.95 bits per heavy atom. The normalized spacial score (nSPS) is 11.5. The van der Waals surface area contributed by atoms with Gasteiger partial charge in [-0.05, 0) is 31.9 Å². The topological polar surface area (TPSA) is 84.9 Å². The van der Waals surface area contributed by atoms with Crippen LogP contribution in [0.4, 0.5) is 0 Å². The van der Waals surface area contributed by atoms with Gasteiger partial charge in [0.25, 0.3) is 5.91 Å². The Kier molecular flexibility index (Phi) is 7.81. The molecule has 1 rings (SSSR count). The molecule has 1 amide bonds. The minimum atomic E-state index is -0.788. The summed E-state index contributed by atoms with van der Waals surface area (Å²) >= 11 is 0. The molecule has 0 heterocycles. The van der Waals surface area contributed by atoms with Gasteiger partial charge in [-0.15, -0.1) is 0 Å². The number of methoxy groups -OCH3 is 1. The van der Waals surface area contributed by atoms with Crippen molar-refractivity contribution in [1.29, 1.82) is 0 Å². The number of unbranched alkanes of at least 4 members (excludes halogenated alkanes) is 2. The lowest BCUT2D eigenvalue weighted by atomic mass is 10.2. The molecule has 122 valence electrons. The smallest absolute Gasteiger partial charge is 0.303 e. The summed E-state index contributed by atoms with van der Waals surface area (Å²) in [6.07, 6.45) is 1.72. The molecule has 0 bridgehead atoms. The average Bonchev–Trinajstić information content (AvgIpc) is 2.50. The van der Waals surface area contributed by atoms with Crippen LogP contribution in [0.5, 0.6) is 11.5 Å². The predicted molar refractivity (Wildman–Crippen MR) is 82.2 cm³/mol. The number of hydrogen-bond donors (Lipinski definition) is 2. The third-order valence-corrected chi connectivity index (χ3v) is 3.09. The molecule has 6 nitrogen and oxygen atoms in total. The van der Waals surface area contributed by atoms with E-state index in [4.69, 9.17) is 14.6 Å². The second kappa shape index (κ2) is 9.65. The summed E-state index contributed by atoms with van der Waals surface area (Å²) < 4.78 is 10.7. The van der Waals surface area contributed by atoms with Gasteiger partial charge in [-0.25, -0.2) is 0 Å². The third kappa shape index (κ3) is 6.97. The maximum absolute atomic E-state index is 11.9. The molecule has 1 aromatic rings. The van der Waals surface area contributed by atoms with Crippen molar-refractivity contribution in [3.05, 3.63) is 24.3 Å². The first-order valence-electron chi connectivity index (χ1n) is 7.33. The number of benzene rings is 1. The van der Waals surface area contributed by atoms with Gasteiger partial charge in [0.05, 0.1) is 7.11 Å². The van der Waals surface area contributed by atoms with Crippen molar-refractivity contribution in [3.8, 4) is 11.5 Å². The van der Waals surface area contributed by atoms with Gasteiger partial charge in [-0.1, -0.05) is 12.5 Å². The number of ether oxygens (including phenoxy) is 2. The van der Waals surface area contributed by atoms with E-state index < -0.39 is 12.1 Å². The highest BCUT2D eigenvalue weighted by molar-refractivity contribution is 5.80. The van der Waals surface area contributed by atoms with Crippen LogP contribution in [0, 0.1) is 0 Å². The Labute approximate surface area is 130 Å². The van der Waals surface area contributed by atoms with Gasteiger partial charge in [0.15, 0.2) is 6.10 Å². The van der Waals surface area contributed by atoms with Crippen molar-refractivity contribution < 1.29 is 24.2 Å². The standard InChI is InChI=1S/C16H23NO5/c1-12(22-14-8-6-7-13(11-14)21-2)16(20)17-10-5-3-4-9-15(18)19/h6-8,11-12H,3-5,9-10H2,1-2H3,(H,17,20)(H,18,19). The molecule has 0 aromatic heterocycles. The molecule has 22 heavy (non-hydrogen) atoms. The zero-order valence-electron chi connectivity index (χ0n) is 13.0. The summed E-state index contributed by atoms with van der Waals surface area (Å²) in [4.78, 5) is 22.2.